The molecule has 0 aliphatic heterocycles. The van der Waals surface area contributed by atoms with Crippen LogP contribution in [0.5, 0.6) is 0 Å². The fraction of sp³-hybridized carbons (Fsp3) is 0.960. The van der Waals surface area contributed by atoms with Gasteiger partial charge >= 0.3 is 5.97 Å². The number of carbonyl (C=O) groups is 1. The summed E-state index contributed by atoms with van der Waals surface area (Å²) in [6.07, 6.45) is 22.4. The van der Waals surface area contributed by atoms with Gasteiger partial charge in [0.05, 0.1) is 26.7 Å². The first-order valence-corrected chi connectivity index (χ1v) is 12.4. The summed E-state index contributed by atoms with van der Waals surface area (Å²) in [5.74, 6) is -0.0727. The Balaban J connectivity index is 3.33. The zero-order chi connectivity index (χ0) is 21.1. The molecule has 28 heavy (non-hydrogen) atoms. The zero-order valence-electron chi connectivity index (χ0n) is 20.1. The van der Waals surface area contributed by atoms with Gasteiger partial charge in [-0.05, 0) is 26.7 Å². The summed E-state index contributed by atoms with van der Waals surface area (Å²) in [4.78, 5) is 11.8. The SMILES string of the molecule is CCCCCCCCCCCCCCCCCC[N+](C)(C)CC(=O)OC(C)C. The Morgan fingerprint density at radius 3 is 1.39 bits per heavy atom. The number of rotatable bonds is 20. The van der Waals surface area contributed by atoms with E-state index in [1.165, 1.54) is 103 Å². The molecule has 0 atom stereocenters. The van der Waals surface area contributed by atoms with Crippen molar-refractivity contribution in [1.29, 1.82) is 0 Å². The summed E-state index contributed by atoms with van der Waals surface area (Å²) >= 11 is 0. The highest BCUT2D eigenvalue weighted by molar-refractivity contribution is 5.70. The van der Waals surface area contributed by atoms with Crippen molar-refractivity contribution >= 4 is 5.97 Å². The molecule has 0 saturated heterocycles. The van der Waals surface area contributed by atoms with E-state index in [0.29, 0.717) is 6.54 Å². The Bertz CT molecular complexity index is 352. The van der Waals surface area contributed by atoms with Crippen LogP contribution in [0.1, 0.15) is 124 Å². The van der Waals surface area contributed by atoms with Gasteiger partial charge in [0.25, 0.3) is 0 Å². The van der Waals surface area contributed by atoms with Crippen LogP contribution in [0, 0.1) is 0 Å². The number of likely N-dealkylation sites (N-methyl/N-ethyl adjacent to an activating group) is 1. The number of quaternary nitrogens is 1. The van der Waals surface area contributed by atoms with Gasteiger partial charge in [0, 0.05) is 0 Å². The van der Waals surface area contributed by atoms with Crippen molar-refractivity contribution in [3.8, 4) is 0 Å². The summed E-state index contributed by atoms with van der Waals surface area (Å²) in [5.41, 5.74) is 0. The summed E-state index contributed by atoms with van der Waals surface area (Å²) < 4.78 is 6.00. The summed E-state index contributed by atoms with van der Waals surface area (Å²) in [5, 5.41) is 0. The summed E-state index contributed by atoms with van der Waals surface area (Å²) in [6.45, 7) is 7.65. The van der Waals surface area contributed by atoms with E-state index in [2.05, 4.69) is 21.0 Å². The van der Waals surface area contributed by atoms with Crippen molar-refractivity contribution in [2.24, 2.45) is 0 Å². The van der Waals surface area contributed by atoms with Gasteiger partial charge < -0.3 is 9.22 Å². The summed E-state index contributed by atoms with van der Waals surface area (Å²) in [6, 6.07) is 0. The van der Waals surface area contributed by atoms with E-state index in [0.717, 1.165) is 11.0 Å². The van der Waals surface area contributed by atoms with Crippen LogP contribution in [-0.2, 0) is 9.53 Å². The van der Waals surface area contributed by atoms with Gasteiger partial charge in [-0.3, -0.25) is 0 Å². The molecule has 0 aromatic carbocycles. The first-order chi connectivity index (χ1) is 13.4. The monoisotopic (exact) mass is 398 g/mol. The minimum Gasteiger partial charge on any atom is -0.459 e. The largest absolute Gasteiger partial charge is 0.459 e. The van der Waals surface area contributed by atoms with Gasteiger partial charge in [-0.2, -0.15) is 0 Å². The van der Waals surface area contributed by atoms with Gasteiger partial charge in [-0.15, -0.1) is 0 Å². The predicted octanol–water partition coefficient (Wildman–Crippen LogP) is 7.28. The third-order valence-corrected chi connectivity index (χ3v) is 5.54. The van der Waals surface area contributed by atoms with Gasteiger partial charge in [0.15, 0.2) is 6.54 Å². The predicted molar refractivity (Wildman–Crippen MR) is 123 cm³/mol. The molecule has 3 nitrogen and oxygen atoms in total. The number of hydrogen-bond donors (Lipinski definition) is 0. The first-order valence-electron chi connectivity index (χ1n) is 12.4. The lowest BCUT2D eigenvalue weighted by Crippen LogP contribution is -2.45. The normalized spacial score (nSPS) is 11.9. The molecule has 0 saturated carbocycles. The molecule has 0 aromatic heterocycles. The van der Waals surface area contributed by atoms with Crippen LogP contribution in [-0.4, -0.2) is 43.7 Å². The maximum atomic E-state index is 11.8. The van der Waals surface area contributed by atoms with Crippen molar-refractivity contribution < 1.29 is 14.0 Å². The molecule has 0 aliphatic carbocycles. The second-order valence-corrected chi connectivity index (χ2v) is 9.66. The van der Waals surface area contributed by atoms with Crippen LogP contribution in [0.25, 0.3) is 0 Å². The Labute approximate surface area is 177 Å². The topological polar surface area (TPSA) is 26.3 Å². The lowest BCUT2D eigenvalue weighted by atomic mass is 10.0. The number of esters is 1. The van der Waals surface area contributed by atoms with E-state index < -0.39 is 0 Å². The molecule has 0 radical (unpaired) electrons. The minimum atomic E-state index is -0.0727. The van der Waals surface area contributed by atoms with Gasteiger partial charge in [-0.1, -0.05) is 96.8 Å². The average molecular weight is 399 g/mol. The van der Waals surface area contributed by atoms with Crippen LogP contribution < -0.4 is 0 Å². The Morgan fingerprint density at radius 2 is 1.04 bits per heavy atom. The van der Waals surface area contributed by atoms with Crippen molar-refractivity contribution in [2.75, 3.05) is 27.2 Å². The van der Waals surface area contributed by atoms with E-state index >= 15 is 0 Å². The van der Waals surface area contributed by atoms with Gasteiger partial charge in [0.1, 0.15) is 0 Å². The Morgan fingerprint density at radius 1 is 0.679 bits per heavy atom. The molecule has 0 amide bonds. The summed E-state index contributed by atoms with van der Waals surface area (Å²) in [7, 11) is 4.26. The van der Waals surface area contributed by atoms with Gasteiger partial charge in [0.2, 0.25) is 0 Å². The van der Waals surface area contributed by atoms with E-state index in [9.17, 15) is 4.79 Å². The highest BCUT2D eigenvalue weighted by Gasteiger charge is 2.21. The van der Waals surface area contributed by atoms with Crippen molar-refractivity contribution in [1.82, 2.24) is 0 Å². The standard InChI is InChI=1S/C25H52NO2/c1-6-7-8-9-10-11-12-13-14-15-16-17-18-19-20-21-22-26(4,5)23-25(27)28-24(2)3/h24H,6-23H2,1-5H3/q+1. The fourth-order valence-corrected chi connectivity index (χ4v) is 3.82. The smallest absolute Gasteiger partial charge is 0.362 e. The average Bonchev–Trinajstić information content (AvgIpc) is 2.60. The number of carbonyl (C=O) groups excluding carboxylic acids is 1. The molecule has 0 N–H and O–H groups in total. The number of hydrogen-bond acceptors (Lipinski definition) is 2. The Kier molecular flexibility index (Phi) is 18.1. The lowest BCUT2D eigenvalue weighted by molar-refractivity contribution is -0.883. The van der Waals surface area contributed by atoms with Crippen LogP contribution in [0.4, 0.5) is 0 Å². The van der Waals surface area contributed by atoms with E-state index in [1.54, 1.807) is 0 Å². The molecule has 0 heterocycles. The quantitative estimate of drug-likeness (QED) is 0.122. The van der Waals surface area contributed by atoms with Crippen molar-refractivity contribution in [3.63, 3.8) is 0 Å². The van der Waals surface area contributed by atoms with E-state index in [1.807, 2.05) is 13.8 Å². The number of ether oxygens (including phenoxy) is 1. The minimum absolute atomic E-state index is 0.0111. The third kappa shape index (κ3) is 20.2. The molecule has 0 spiro atoms. The highest BCUT2D eigenvalue weighted by atomic mass is 16.5. The molecule has 0 bridgehead atoms. The number of unbranched alkanes of at least 4 members (excludes halogenated alkanes) is 15. The molecular formula is C25H52NO2+. The Hall–Kier alpha value is -0.570. The maximum Gasteiger partial charge on any atom is 0.362 e. The molecule has 3 heteroatoms. The third-order valence-electron chi connectivity index (χ3n) is 5.54. The van der Waals surface area contributed by atoms with Crippen LogP contribution in [0.3, 0.4) is 0 Å². The number of nitrogens with zero attached hydrogens (tertiary/aromatic N) is 1. The molecule has 0 aliphatic rings. The van der Waals surface area contributed by atoms with Crippen molar-refractivity contribution in [3.05, 3.63) is 0 Å². The highest BCUT2D eigenvalue weighted by Crippen LogP contribution is 2.14. The first kappa shape index (κ1) is 27.4. The van der Waals surface area contributed by atoms with Gasteiger partial charge in [-0.25, -0.2) is 4.79 Å². The molecular weight excluding hydrogens is 346 g/mol. The van der Waals surface area contributed by atoms with Crippen LogP contribution >= 0.6 is 0 Å². The molecule has 168 valence electrons. The van der Waals surface area contributed by atoms with Crippen molar-refractivity contribution in [2.45, 2.75) is 130 Å². The zero-order valence-corrected chi connectivity index (χ0v) is 20.1. The maximum absolute atomic E-state index is 11.8. The molecule has 0 unspecified atom stereocenters. The lowest BCUT2D eigenvalue weighted by Gasteiger charge is -2.28. The second kappa shape index (κ2) is 18.5. The van der Waals surface area contributed by atoms with E-state index in [4.69, 9.17) is 4.74 Å². The van der Waals surface area contributed by atoms with Crippen LogP contribution in [0.15, 0.2) is 0 Å². The molecule has 0 fully saturated rings. The fourth-order valence-electron chi connectivity index (χ4n) is 3.82. The second-order valence-electron chi connectivity index (χ2n) is 9.66. The molecule has 0 rings (SSSR count). The molecule has 0 aromatic rings. The van der Waals surface area contributed by atoms with E-state index in [-0.39, 0.29) is 12.1 Å². The van der Waals surface area contributed by atoms with Crippen LogP contribution in [0.2, 0.25) is 0 Å².